The van der Waals surface area contributed by atoms with Crippen molar-refractivity contribution in [2.24, 2.45) is 5.92 Å². The summed E-state index contributed by atoms with van der Waals surface area (Å²) >= 11 is 0. The number of carbonyl (C=O) groups excluding carboxylic acids is 3. The van der Waals surface area contributed by atoms with Crippen LogP contribution in [0.4, 0.5) is 11.4 Å². The predicted octanol–water partition coefficient (Wildman–Crippen LogP) is 4.63. The van der Waals surface area contributed by atoms with E-state index in [0.717, 1.165) is 46.3 Å². The number of nitrogens with one attached hydrogen (secondary N) is 2. The number of nitrogens with zero attached hydrogens (tertiary/aromatic N) is 1. The van der Waals surface area contributed by atoms with Gasteiger partial charge in [-0.25, -0.2) is 0 Å². The summed E-state index contributed by atoms with van der Waals surface area (Å²) in [6.45, 7) is 6.65. The van der Waals surface area contributed by atoms with Gasteiger partial charge in [0.05, 0.1) is 5.92 Å². The fourth-order valence-corrected chi connectivity index (χ4v) is 7.93. The van der Waals surface area contributed by atoms with Gasteiger partial charge in [0.1, 0.15) is 11.0 Å². The van der Waals surface area contributed by atoms with Crippen LogP contribution in [0.3, 0.4) is 0 Å². The SMILES string of the molecule is Cc1ccc(C(=O)[C@@H]2[C@H]3CCCN3[C@@]3(C(=O)Nc4c(C)cc(C)cc43)[C@]23C(=O)Nc2ccccc23)cc1. The van der Waals surface area contributed by atoms with Crippen LogP contribution in [-0.4, -0.2) is 35.1 Å². The van der Waals surface area contributed by atoms with E-state index >= 15 is 0 Å². The molecule has 2 amide bonds. The number of benzene rings is 3. The van der Waals surface area contributed by atoms with E-state index < -0.39 is 16.9 Å². The minimum absolute atomic E-state index is 0.0775. The summed E-state index contributed by atoms with van der Waals surface area (Å²) in [5.74, 6) is -1.27. The number of anilines is 2. The highest BCUT2D eigenvalue weighted by Crippen LogP contribution is 2.68. The zero-order chi connectivity index (χ0) is 25.7. The summed E-state index contributed by atoms with van der Waals surface area (Å²) in [5, 5.41) is 6.27. The summed E-state index contributed by atoms with van der Waals surface area (Å²) in [7, 11) is 0. The van der Waals surface area contributed by atoms with Gasteiger partial charge in [-0.05, 0) is 57.4 Å². The first-order valence-electron chi connectivity index (χ1n) is 13.0. The Morgan fingerprint density at radius 1 is 0.892 bits per heavy atom. The Hall–Kier alpha value is -3.77. The van der Waals surface area contributed by atoms with Crippen LogP contribution in [-0.2, 0) is 20.5 Å². The van der Waals surface area contributed by atoms with Crippen molar-refractivity contribution in [1.82, 2.24) is 4.90 Å². The van der Waals surface area contributed by atoms with E-state index in [-0.39, 0.29) is 23.6 Å². The number of amides is 2. The molecule has 37 heavy (non-hydrogen) atoms. The lowest BCUT2D eigenvalue weighted by Crippen LogP contribution is -2.62. The van der Waals surface area contributed by atoms with Gasteiger partial charge in [-0.2, -0.15) is 0 Å². The number of carbonyl (C=O) groups is 3. The molecule has 4 aliphatic heterocycles. The monoisotopic (exact) mass is 491 g/mol. The van der Waals surface area contributed by atoms with Crippen molar-refractivity contribution in [2.45, 2.75) is 50.6 Å². The molecule has 2 spiro atoms. The van der Waals surface area contributed by atoms with Gasteiger partial charge < -0.3 is 10.6 Å². The molecule has 3 aromatic rings. The molecule has 2 N–H and O–H groups in total. The molecule has 4 aliphatic rings. The molecule has 2 fully saturated rings. The second-order valence-corrected chi connectivity index (χ2v) is 11.1. The van der Waals surface area contributed by atoms with Crippen molar-refractivity contribution < 1.29 is 14.4 Å². The lowest BCUT2D eigenvalue weighted by molar-refractivity contribution is -0.137. The third kappa shape index (κ3) is 2.51. The Bertz CT molecular complexity index is 1530. The number of rotatable bonds is 2. The maximum Gasteiger partial charge on any atom is 0.251 e. The molecule has 3 aromatic carbocycles. The van der Waals surface area contributed by atoms with E-state index in [0.29, 0.717) is 17.8 Å². The third-order valence-electron chi connectivity index (χ3n) is 9.17. The molecule has 186 valence electrons. The summed E-state index contributed by atoms with van der Waals surface area (Å²) in [6, 6.07) is 19.0. The quantitative estimate of drug-likeness (QED) is 0.513. The molecular weight excluding hydrogens is 462 g/mol. The number of hydrogen-bond donors (Lipinski definition) is 2. The highest BCUT2D eigenvalue weighted by molar-refractivity contribution is 6.21. The van der Waals surface area contributed by atoms with Crippen LogP contribution in [0.25, 0.3) is 0 Å². The van der Waals surface area contributed by atoms with Crippen molar-refractivity contribution in [2.75, 3.05) is 17.2 Å². The fraction of sp³-hybridized carbons (Fsp3) is 0.323. The lowest BCUT2D eigenvalue weighted by Gasteiger charge is -2.43. The number of ketones is 1. The third-order valence-corrected chi connectivity index (χ3v) is 9.17. The van der Waals surface area contributed by atoms with Crippen LogP contribution in [0.5, 0.6) is 0 Å². The minimum Gasteiger partial charge on any atom is -0.325 e. The molecule has 6 heteroatoms. The number of para-hydroxylation sites is 1. The molecule has 0 radical (unpaired) electrons. The number of fused-ring (bicyclic) bond motifs is 7. The lowest BCUT2D eigenvalue weighted by atomic mass is 9.57. The molecule has 2 saturated heterocycles. The van der Waals surface area contributed by atoms with Gasteiger partial charge in [0.2, 0.25) is 5.91 Å². The van der Waals surface area contributed by atoms with Crippen LogP contribution in [0.1, 0.15) is 51.0 Å². The van der Waals surface area contributed by atoms with E-state index in [4.69, 9.17) is 0 Å². The van der Waals surface area contributed by atoms with E-state index in [1.165, 1.54) is 0 Å². The molecule has 6 nitrogen and oxygen atoms in total. The molecule has 0 aromatic heterocycles. The second-order valence-electron chi connectivity index (χ2n) is 11.1. The molecule has 0 unspecified atom stereocenters. The van der Waals surface area contributed by atoms with E-state index in [1.807, 2.05) is 75.4 Å². The Labute approximate surface area is 216 Å². The van der Waals surface area contributed by atoms with E-state index in [1.54, 1.807) is 0 Å². The Morgan fingerprint density at radius 3 is 2.43 bits per heavy atom. The van der Waals surface area contributed by atoms with Gasteiger partial charge in [0, 0.05) is 28.5 Å². The van der Waals surface area contributed by atoms with Gasteiger partial charge in [-0.15, -0.1) is 0 Å². The van der Waals surface area contributed by atoms with Gasteiger partial charge in [0.25, 0.3) is 5.91 Å². The molecule has 4 heterocycles. The first-order valence-corrected chi connectivity index (χ1v) is 13.0. The van der Waals surface area contributed by atoms with Crippen molar-refractivity contribution in [1.29, 1.82) is 0 Å². The normalized spacial score (nSPS) is 29.4. The van der Waals surface area contributed by atoms with Crippen LogP contribution in [0, 0.1) is 26.7 Å². The minimum atomic E-state index is -1.40. The van der Waals surface area contributed by atoms with Crippen molar-refractivity contribution in [3.63, 3.8) is 0 Å². The van der Waals surface area contributed by atoms with Crippen LogP contribution in [0.2, 0.25) is 0 Å². The molecule has 4 atom stereocenters. The molecule has 0 saturated carbocycles. The maximum absolute atomic E-state index is 14.6. The van der Waals surface area contributed by atoms with Crippen LogP contribution >= 0.6 is 0 Å². The van der Waals surface area contributed by atoms with Crippen molar-refractivity contribution >= 4 is 29.0 Å². The van der Waals surface area contributed by atoms with Gasteiger partial charge in [0.15, 0.2) is 5.78 Å². The zero-order valence-corrected chi connectivity index (χ0v) is 21.2. The van der Waals surface area contributed by atoms with Gasteiger partial charge in [-0.3, -0.25) is 19.3 Å². The van der Waals surface area contributed by atoms with Gasteiger partial charge in [-0.1, -0.05) is 65.7 Å². The van der Waals surface area contributed by atoms with Crippen LogP contribution < -0.4 is 10.6 Å². The molecule has 7 rings (SSSR count). The Kier molecular flexibility index (Phi) is 4.48. The Balaban J connectivity index is 1.60. The zero-order valence-electron chi connectivity index (χ0n) is 21.2. The van der Waals surface area contributed by atoms with Crippen molar-refractivity contribution in [3.05, 3.63) is 94.0 Å². The summed E-state index contributed by atoms with van der Waals surface area (Å²) in [5.41, 5.74) is 3.92. The summed E-state index contributed by atoms with van der Waals surface area (Å²) in [6.07, 6.45) is 1.63. The highest BCUT2D eigenvalue weighted by Gasteiger charge is 2.81. The first kappa shape index (κ1) is 22.4. The van der Waals surface area contributed by atoms with E-state index in [2.05, 4.69) is 21.6 Å². The average Bonchev–Trinajstić information content (AvgIpc) is 3.59. The van der Waals surface area contributed by atoms with Crippen LogP contribution in [0.15, 0.2) is 60.7 Å². The summed E-state index contributed by atoms with van der Waals surface area (Å²) in [4.78, 5) is 45.8. The topological polar surface area (TPSA) is 78.5 Å². The number of aryl methyl sites for hydroxylation is 3. The fourth-order valence-electron chi connectivity index (χ4n) is 7.93. The Morgan fingerprint density at radius 2 is 1.65 bits per heavy atom. The molecule has 0 aliphatic carbocycles. The summed E-state index contributed by atoms with van der Waals surface area (Å²) < 4.78 is 0. The maximum atomic E-state index is 14.6. The predicted molar refractivity (Wildman–Crippen MR) is 142 cm³/mol. The standard InChI is InChI=1S/C31H29N3O3/c1-17-10-12-20(13-11-17)27(35)25-24-9-6-14-34(24)31(22-16-18(2)15-19(3)26(22)33-29(31)37)30(25)21-7-4-5-8-23(21)32-28(30)36/h4-5,7-8,10-13,15-16,24-25H,6,9,14H2,1-3H3,(H,32,36)(H,33,37)/t24-,25+,30+,31+/m1/s1. The van der Waals surface area contributed by atoms with E-state index in [9.17, 15) is 14.4 Å². The largest absolute Gasteiger partial charge is 0.325 e. The van der Waals surface area contributed by atoms with Gasteiger partial charge >= 0.3 is 0 Å². The number of hydrogen-bond acceptors (Lipinski definition) is 4. The second kappa shape index (κ2) is 7.39. The smallest absolute Gasteiger partial charge is 0.251 e. The molecular formula is C31H29N3O3. The highest BCUT2D eigenvalue weighted by atomic mass is 16.2. The van der Waals surface area contributed by atoms with Crippen molar-refractivity contribution in [3.8, 4) is 0 Å². The molecule has 0 bridgehead atoms. The first-order chi connectivity index (χ1) is 17.8. The average molecular weight is 492 g/mol. The number of Topliss-reactive ketones (excluding diaryl/α,β-unsaturated/α-hetero) is 1.